The van der Waals surface area contributed by atoms with E-state index >= 15 is 0 Å². The summed E-state index contributed by atoms with van der Waals surface area (Å²) in [5.41, 5.74) is 1.78. The average Bonchev–Trinajstić information content (AvgIpc) is 2.39. The lowest BCUT2D eigenvalue weighted by atomic mass is 10.2. The van der Waals surface area contributed by atoms with Crippen molar-refractivity contribution in [1.82, 2.24) is 9.97 Å². The molecule has 0 aliphatic heterocycles. The molecule has 88 valence electrons. The van der Waals surface area contributed by atoms with Gasteiger partial charge < -0.3 is 5.32 Å². The van der Waals surface area contributed by atoms with Gasteiger partial charge in [0.05, 0.1) is 0 Å². The van der Waals surface area contributed by atoms with Gasteiger partial charge in [0.25, 0.3) is 0 Å². The maximum atomic E-state index is 12.8. The van der Waals surface area contributed by atoms with Crippen LogP contribution in [-0.2, 0) is 6.42 Å². The highest BCUT2D eigenvalue weighted by molar-refractivity contribution is 5.57. The first-order chi connectivity index (χ1) is 8.22. The zero-order valence-corrected chi connectivity index (χ0v) is 9.87. The summed E-state index contributed by atoms with van der Waals surface area (Å²) in [6, 6.07) is 8.10. The molecule has 2 aromatic rings. The van der Waals surface area contributed by atoms with Crippen LogP contribution in [0, 0.1) is 5.82 Å². The monoisotopic (exact) mass is 231 g/mol. The van der Waals surface area contributed by atoms with Gasteiger partial charge in [0.1, 0.15) is 11.6 Å². The first-order valence-corrected chi connectivity index (χ1v) is 5.54. The van der Waals surface area contributed by atoms with Crippen LogP contribution in [0.3, 0.4) is 0 Å². The SMILES string of the molecule is CCc1cc(NC)nc(-c2ccc(F)cc2)n1. The molecule has 0 saturated carbocycles. The van der Waals surface area contributed by atoms with Gasteiger partial charge in [-0.2, -0.15) is 0 Å². The second-order valence-electron chi connectivity index (χ2n) is 3.68. The molecule has 1 aromatic heterocycles. The molecule has 1 N–H and O–H groups in total. The Labute approximate surface area is 99.7 Å². The molecular formula is C13H14FN3. The molecule has 2 rings (SSSR count). The molecule has 0 atom stereocenters. The number of aromatic nitrogens is 2. The van der Waals surface area contributed by atoms with Gasteiger partial charge in [-0.25, -0.2) is 14.4 Å². The Bertz CT molecular complexity index is 486. The normalized spacial score (nSPS) is 10.3. The van der Waals surface area contributed by atoms with Crippen molar-refractivity contribution in [3.8, 4) is 11.4 Å². The lowest BCUT2D eigenvalue weighted by molar-refractivity contribution is 0.628. The average molecular weight is 231 g/mol. The van der Waals surface area contributed by atoms with Crippen LogP contribution in [0.4, 0.5) is 10.2 Å². The number of aryl methyl sites for hydroxylation is 1. The minimum absolute atomic E-state index is 0.255. The van der Waals surface area contributed by atoms with Gasteiger partial charge >= 0.3 is 0 Å². The molecule has 3 nitrogen and oxygen atoms in total. The van der Waals surface area contributed by atoms with Gasteiger partial charge in [-0.05, 0) is 30.7 Å². The van der Waals surface area contributed by atoms with E-state index in [2.05, 4.69) is 15.3 Å². The highest BCUT2D eigenvalue weighted by atomic mass is 19.1. The number of rotatable bonds is 3. The molecule has 0 amide bonds. The van der Waals surface area contributed by atoms with Crippen molar-refractivity contribution < 1.29 is 4.39 Å². The lowest BCUT2D eigenvalue weighted by Crippen LogP contribution is -2.00. The second-order valence-corrected chi connectivity index (χ2v) is 3.68. The smallest absolute Gasteiger partial charge is 0.161 e. The molecule has 0 fully saturated rings. The summed E-state index contributed by atoms with van der Waals surface area (Å²) in [6.45, 7) is 2.04. The van der Waals surface area contributed by atoms with E-state index in [1.165, 1.54) is 12.1 Å². The molecule has 0 aliphatic rings. The summed E-state index contributed by atoms with van der Waals surface area (Å²) in [5, 5.41) is 3.00. The van der Waals surface area contributed by atoms with Crippen LogP contribution in [0.15, 0.2) is 30.3 Å². The first-order valence-electron chi connectivity index (χ1n) is 5.54. The standard InChI is InChI=1S/C13H14FN3/c1-3-11-8-12(15-2)17-13(16-11)9-4-6-10(14)7-5-9/h4-8H,3H2,1-2H3,(H,15,16,17). The van der Waals surface area contributed by atoms with E-state index in [0.717, 1.165) is 23.5 Å². The Morgan fingerprint density at radius 1 is 1.18 bits per heavy atom. The third-order valence-electron chi connectivity index (χ3n) is 2.50. The minimum Gasteiger partial charge on any atom is -0.373 e. The Balaban J connectivity index is 2.46. The summed E-state index contributed by atoms with van der Waals surface area (Å²) >= 11 is 0. The van der Waals surface area contributed by atoms with Gasteiger partial charge in [0, 0.05) is 24.4 Å². The van der Waals surface area contributed by atoms with Crippen LogP contribution < -0.4 is 5.32 Å². The third kappa shape index (κ3) is 2.58. The third-order valence-corrected chi connectivity index (χ3v) is 2.50. The fourth-order valence-corrected chi connectivity index (χ4v) is 1.53. The van der Waals surface area contributed by atoms with E-state index in [1.54, 1.807) is 12.1 Å². The van der Waals surface area contributed by atoms with Crippen LogP contribution in [0.25, 0.3) is 11.4 Å². The molecule has 0 radical (unpaired) electrons. The van der Waals surface area contributed by atoms with E-state index in [9.17, 15) is 4.39 Å². The molecule has 0 unspecified atom stereocenters. The van der Waals surface area contributed by atoms with Crippen molar-refractivity contribution in [1.29, 1.82) is 0 Å². The minimum atomic E-state index is -0.255. The summed E-state index contributed by atoms with van der Waals surface area (Å²) in [6.07, 6.45) is 0.839. The van der Waals surface area contributed by atoms with E-state index < -0.39 is 0 Å². The predicted molar refractivity (Wildman–Crippen MR) is 66.4 cm³/mol. The second kappa shape index (κ2) is 4.91. The number of halogens is 1. The number of nitrogens with zero attached hydrogens (tertiary/aromatic N) is 2. The maximum absolute atomic E-state index is 12.8. The Kier molecular flexibility index (Phi) is 3.32. The fraction of sp³-hybridized carbons (Fsp3) is 0.231. The van der Waals surface area contributed by atoms with Crippen LogP contribution in [0.2, 0.25) is 0 Å². The number of anilines is 1. The summed E-state index contributed by atoms with van der Waals surface area (Å²) in [7, 11) is 1.82. The fourth-order valence-electron chi connectivity index (χ4n) is 1.53. The van der Waals surface area contributed by atoms with Gasteiger partial charge in [-0.15, -0.1) is 0 Å². The quantitative estimate of drug-likeness (QED) is 0.882. The number of hydrogen-bond acceptors (Lipinski definition) is 3. The van der Waals surface area contributed by atoms with Crippen molar-refractivity contribution >= 4 is 5.82 Å². The molecule has 17 heavy (non-hydrogen) atoms. The largest absolute Gasteiger partial charge is 0.373 e. The first kappa shape index (κ1) is 11.5. The molecule has 4 heteroatoms. The Hall–Kier alpha value is -1.97. The molecule has 0 aliphatic carbocycles. The zero-order valence-electron chi connectivity index (χ0n) is 9.87. The van der Waals surface area contributed by atoms with Gasteiger partial charge in [-0.1, -0.05) is 6.92 Å². The zero-order chi connectivity index (χ0) is 12.3. The van der Waals surface area contributed by atoms with Gasteiger partial charge in [0.15, 0.2) is 5.82 Å². The number of nitrogens with one attached hydrogen (secondary N) is 1. The lowest BCUT2D eigenvalue weighted by Gasteiger charge is -2.06. The van der Waals surface area contributed by atoms with E-state index in [4.69, 9.17) is 0 Å². The van der Waals surface area contributed by atoms with E-state index in [0.29, 0.717) is 5.82 Å². The summed E-state index contributed by atoms with van der Waals surface area (Å²) in [5.74, 6) is 1.14. The Morgan fingerprint density at radius 3 is 2.47 bits per heavy atom. The van der Waals surface area contributed by atoms with Crippen LogP contribution >= 0.6 is 0 Å². The molecular weight excluding hydrogens is 217 g/mol. The van der Waals surface area contributed by atoms with Crippen molar-refractivity contribution in [2.75, 3.05) is 12.4 Å². The van der Waals surface area contributed by atoms with Crippen molar-refractivity contribution in [2.24, 2.45) is 0 Å². The summed E-state index contributed by atoms with van der Waals surface area (Å²) < 4.78 is 12.8. The number of hydrogen-bond donors (Lipinski definition) is 1. The molecule has 1 heterocycles. The predicted octanol–water partition coefficient (Wildman–Crippen LogP) is 2.89. The summed E-state index contributed by atoms with van der Waals surface area (Å²) in [4.78, 5) is 8.78. The molecule has 0 spiro atoms. The molecule has 1 aromatic carbocycles. The topological polar surface area (TPSA) is 37.8 Å². The van der Waals surface area contributed by atoms with Gasteiger partial charge in [0.2, 0.25) is 0 Å². The van der Waals surface area contributed by atoms with Crippen LogP contribution in [0.1, 0.15) is 12.6 Å². The van der Waals surface area contributed by atoms with Crippen molar-refractivity contribution in [2.45, 2.75) is 13.3 Å². The van der Waals surface area contributed by atoms with Crippen LogP contribution in [-0.4, -0.2) is 17.0 Å². The van der Waals surface area contributed by atoms with E-state index in [-0.39, 0.29) is 5.82 Å². The highest BCUT2D eigenvalue weighted by Gasteiger charge is 2.05. The highest BCUT2D eigenvalue weighted by Crippen LogP contribution is 2.18. The number of benzene rings is 1. The maximum Gasteiger partial charge on any atom is 0.161 e. The molecule has 0 saturated heterocycles. The van der Waals surface area contributed by atoms with Gasteiger partial charge in [-0.3, -0.25) is 0 Å². The van der Waals surface area contributed by atoms with E-state index in [1.807, 2.05) is 20.0 Å². The van der Waals surface area contributed by atoms with Crippen molar-refractivity contribution in [3.05, 3.63) is 41.8 Å². The Morgan fingerprint density at radius 2 is 1.88 bits per heavy atom. The van der Waals surface area contributed by atoms with Crippen molar-refractivity contribution in [3.63, 3.8) is 0 Å². The molecule has 0 bridgehead atoms. The van der Waals surface area contributed by atoms with Crippen LogP contribution in [0.5, 0.6) is 0 Å².